The third-order valence-electron chi connectivity index (χ3n) is 4.01. The number of carbonyl (C=O) groups is 3. The van der Waals surface area contributed by atoms with Gasteiger partial charge in [-0.15, -0.1) is 0 Å². The average Bonchev–Trinajstić information content (AvgIpc) is 3.12. The van der Waals surface area contributed by atoms with Gasteiger partial charge in [0.15, 0.2) is 5.65 Å². The number of nitrogens with zero attached hydrogens (tertiary/aromatic N) is 4. The van der Waals surface area contributed by atoms with E-state index in [9.17, 15) is 19.5 Å². The quantitative estimate of drug-likeness (QED) is 0.609. The summed E-state index contributed by atoms with van der Waals surface area (Å²) in [7, 11) is 0. The highest BCUT2D eigenvalue weighted by atomic mass is 16.6. The topological polar surface area (TPSA) is 136 Å². The van der Waals surface area contributed by atoms with Crippen molar-refractivity contribution in [2.45, 2.75) is 39.8 Å². The van der Waals surface area contributed by atoms with E-state index in [2.05, 4.69) is 20.4 Å². The zero-order valence-corrected chi connectivity index (χ0v) is 17.0. The fourth-order valence-electron chi connectivity index (χ4n) is 2.72. The third kappa shape index (κ3) is 4.59. The Balaban J connectivity index is 1.73. The fraction of sp³-hybridized carbons (Fsp3) is 0.300. The van der Waals surface area contributed by atoms with Crippen LogP contribution in [0.2, 0.25) is 0 Å². The minimum absolute atomic E-state index is 0.143. The van der Waals surface area contributed by atoms with Gasteiger partial charge in [-0.05, 0) is 44.9 Å². The highest BCUT2D eigenvalue weighted by Crippen LogP contribution is 2.17. The number of rotatable bonds is 5. The predicted octanol–water partition coefficient (Wildman–Crippen LogP) is 2.02. The maximum Gasteiger partial charge on any atom is 0.374 e. The van der Waals surface area contributed by atoms with Crippen LogP contribution in [-0.2, 0) is 11.3 Å². The molecule has 0 aliphatic rings. The zero-order valence-electron chi connectivity index (χ0n) is 17.0. The molecule has 0 radical (unpaired) electrons. The minimum Gasteiger partial charge on any atom is -0.475 e. The number of hydrogen-bond donors (Lipinski definition) is 2. The monoisotopic (exact) mass is 411 g/mol. The molecule has 0 saturated heterocycles. The largest absolute Gasteiger partial charge is 0.475 e. The second-order valence-corrected chi connectivity index (χ2v) is 7.61. The second-order valence-electron chi connectivity index (χ2n) is 7.61. The zero-order chi connectivity index (χ0) is 22.1. The van der Waals surface area contributed by atoms with Crippen molar-refractivity contribution in [3.8, 4) is 0 Å². The lowest BCUT2D eigenvalue weighted by atomic mass is 10.0. The summed E-state index contributed by atoms with van der Waals surface area (Å²) in [6.07, 6.45) is 1.37. The number of carboxylic acids is 1. The summed E-state index contributed by atoms with van der Waals surface area (Å²) < 4.78 is 6.42. The minimum atomic E-state index is -1.33. The van der Waals surface area contributed by atoms with E-state index in [0.29, 0.717) is 11.1 Å². The number of aromatic carboxylic acids is 1. The molecule has 1 amide bonds. The van der Waals surface area contributed by atoms with Gasteiger partial charge in [-0.2, -0.15) is 14.6 Å². The molecule has 2 aromatic heterocycles. The van der Waals surface area contributed by atoms with Crippen molar-refractivity contribution in [2.24, 2.45) is 0 Å². The van der Waals surface area contributed by atoms with Crippen LogP contribution in [0, 0.1) is 6.92 Å². The highest BCUT2D eigenvalue weighted by molar-refractivity contribution is 5.93. The molecule has 0 atom stereocenters. The number of carbonyl (C=O) groups excluding carboxylic acids is 2. The summed E-state index contributed by atoms with van der Waals surface area (Å²) in [6.45, 7) is 7.31. The highest BCUT2D eigenvalue weighted by Gasteiger charge is 2.20. The van der Waals surface area contributed by atoms with E-state index in [4.69, 9.17) is 4.74 Å². The van der Waals surface area contributed by atoms with Gasteiger partial charge in [0.1, 0.15) is 5.60 Å². The van der Waals surface area contributed by atoms with Gasteiger partial charge in [0.25, 0.3) is 5.91 Å². The van der Waals surface area contributed by atoms with Crippen LogP contribution in [-0.4, -0.2) is 48.1 Å². The van der Waals surface area contributed by atoms with Gasteiger partial charge in [0.2, 0.25) is 11.6 Å². The van der Waals surface area contributed by atoms with Crippen LogP contribution in [0.3, 0.4) is 0 Å². The number of hydrogen-bond acceptors (Lipinski definition) is 7. The van der Waals surface area contributed by atoms with Crippen molar-refractivity contribution in [1.29, 1.82) is 0 Å². The molecule has 0 aliphatic heterocycles. The summed E-state index contributed by atoms with van der Waals surface area (Å²) in [5.74, 6) is -3.06. The second kappa shape index (κ2) is 7.90. The van der Waals surface area contributed by atoms with Crippen LogP contribution in [0.25, 0.3) is 5.65 Å². The molecule has 0 unspecified atom stereocenters. The SMILES string of the molecule is Cc1cc(CNC(=O)c2nc(C(=O)O)n3nccc3n2)ccc1C(=O)OC(C)(C)C. The maximum absolute atomic E-state index is 12.4. The summed E-state index contributed by atoms with van der Waals surface area (Å²) in [6, 6.07) is 6.59. The number of ether oxygens (including phenoxy) is 1. The number of esters is 1. The van der Waals surface area contributed by atoms with Crippen LogP contribution >= 0.6 is 0 Å². The molecule has 30 heavy (non-hydrogen) atoms. The lowest BCUT2D eigenvalue weighted by Gasteiger charge is -2.20. The molecular weight excluding hydrogens is 390 g/mol. The van der Waals surface area contributed by atoms with Crippen molar-refractivity contribution in [2.75, 3.05) is 0 Å². The van der Waals surface area contributed by atoms with E-state index in [1.165, 1.54) is 12.3 Å². The Bertz CT molecular complexity index is 1150. The maximum atomic E-state index is 12.4. The Morgan fingerprint density at radius 3 is 2.53 bits per heavy atom. The summed E-state index contributed by atoms with van der Waals surface area (Å²) in [4.78, 5) is 43.9. The summed E-state index contributed by atoms with van der Waals surface area (Å²) in [5, 5.41) is 15.7. The van der Waals surface area contributed by atoms with Crippen LogP contribution in [0.15, 0.2) is 30.5 Å². The molecule has 0 spiro atoms. The molecule has 0 fully saturated rings. The van der Waals surface area contributed by atoms with Crippen LogP contribution < -0.4 is 5.32 Å². The van der Waals surface area contributed by atoms with Crippen LogP contribution in [0.1, 0.15) is 63.5 Å². The first-order chi connectivity index (χ1) is 14.0. The van der Waals surface area contributed by atoms with Gasteiger partial charge in [0.05, 0.1) is 11.8 Å². The van der Waals surface area contributed by atoms with Gasteiger partial charge in [-0.1, -0.05) is 12.1 Å². The molecule has 10 heteroatoms. The molecule has 3 rings (SSSR count). The van der Waals surface area contributed by atoms with Crippen LogP contribution in [0.5, 0.6) is 0 Å². The Labute approximate surface area is 171 Å². The molecule has 2 heterocycles. The van der Waals surface area contributed by atoms with E-state index in [1.54, 1.807) is 45.9 Å². The number of nitrogens with one attached hydrogen (secondary N) is 1. The molecule has 156 valence electrons. The number of aryl methyl sites for hydroxylation is 1. The Hall–Kier alpha value is -3.82. The number of fused-ring (bicyclic) bond motifs is 1. The van der Waals surface area contributed by atoms with E-state index in [-0.39, 0.29) is 18.0 Å². The lowest BCUT2D eigenvalue weighted by molar-refractivity contribution is 0.00684. The van der Waals surface area contributed by atoms with Gasteiger partial charge >= 0.3 is 11.9 Å². The third-order valence-corrected chi connectivity index (χ3v) is 4.01. The van der Waals surface area contributed by atoms with E-state index >= 15 is 0 Å². The van der Waals surface area contributed by atoms with E-state index in [1.807, 2.05) is 0 Å². The van der Waals surface area contributed by atoms with E-state index < -0.39 is 29.3 Å². The normalized spacial score (nSPS) is 11.3. The smallest absolute Gasteiger partial charge is 0.374 e. The van der Waals surface area contributed by atoms with Crippen LogP contribution in [0.4, 0.5) is 0 Å². The molecule has 3 aromatic rings. The van der Waals surface area contributed by atoms with Gasteiger partial charge in [0, 0.05) is 12.6 Å². The number of amides is 1. The van der Waals surface area contributed by atoms with E-state index in [0.717, 1.165) is 10.1 Å². The summed E-state index contributed by atoms with van der Waals surface area (Å²) >= 11 is 0. The first kappa shape index (κ1) is 20.9. The van der Waals surface area contributed by atoms with Gasteiger partial charge < -0.3 is 15.2 Å². The predicted molar refractivity (Wildman–Crippen MR) is 105 cm³/mol. The molecule has 2 N–H and O–H groups in total. The standard InChI is InChI=1S/C20H21N5O5/c1-11-9-12(5-6-13(11)19(29)30-20(2,3)4)10-21-17(26)15-23-14-7-8-22-25(14)16(24-15)18(27)28/h5-9H,10H2,1-4H3,(H,21,26)(H,27,28). The van der Waals surface area contributed by atoms with Crippen molar-refractivity contribution >= 4 is 23.5 Å². The number of benzene rings is 1. The average molecular weight is 411 g/mol. The first-order valence-electron chi connectivity index (χ1n) is 9.11. The Morgan fingerprint density at radius 1 is 1.17 bits per heavy atom. The Kier molecular flexibility index (Phi) is 5.50. The van der Waals surface area contributed by atoms with Crippen molar-refractivity contribution in [1.82, 2.24) is 24.9 Å². The Morgan fingerprint density at radius 2 is 1.90 bits per heavy atom. The molecule has 10 nitrogen and oxygen atoms in total. The number of carboxylic acid groups (broad SMARTS) is 1. The molecule has 0 bridgehead atoms. The lowest BCUT2D eigenvalue weighted by Crippen LogP contribution is -2.27. The van der Waals surface area contributed by atoms with Crippen molar-refractivity contribution in [3.05, 3.63) is 58.8 Å². The molecule has 0 aliphatic carbocycles. The van der Waals surface area contributed by atoms with Crippen molar-refractivity contribution in [3.63, 3.8) is 0 Å². The van der Waals surface area contributed by atoms with Gasteiger partial charge in [-0.25, -0.2) is 14.6 Å². The van der Waals surface area contributed by atoms with Gasteiger partial charge in [-0.3, -0.25) is 4.79 Å². The molecule has 0 saturated carbocycles. The first-order valence-corrected chi connectivity index (χ1v) is 9.11. The molecular formula is C20H21N5O5. The summed E-state index contributed by atoms with van der Waals surface area (Å²) in [5.41, 5.74) is 1.51. The fourth-order valence-corrected chi connectivity index (χ4v) is 2.72. The number of aromatic nitrogens is 4. The molecule has 1 aromatic carbocycles. The van der Waals surface area contributed by atoms with Crippen molar-refractivity contribution < 1.29 is 24.2 Å².